The Bertz CT molecular complexity index is 473. The third kappa shape index (κ3) is 2.86. The Kier molecular flexibility index (Phi) is 4.78. The highest BCUT2D eigenvalue weighted by Gasteiger charge is 2.40. The van der Waals surface area contributed by atoms with Gasteiger partial charge in [-0.2, -0.15) is 0 Å². The third-order valence-corrected chi connectivity index (χ3v) is 3.88. The van der Waals surface area contributed by atoms with Gasteiger partial charge in [0.1, 0.15) is 6.17 Å². The van der Waals surface area contributed by atoms with Crippen molar-refractivity contribution in [1.82, 2.24) is 10.2 Å². The molecule has 110 valence electrons. The second-order valence-corrected chi connectivity index (χ2v) is 5.67. The number of hydrogen-bond donors (Lipinski definition) is 1. The van der Waals surface area contributed by atoms with Gasteiger partial charge in [-0.15, -0.1) is 0 Å². The summed E-state index contributed by atoms with van der Waals surface area (Å²) in [5.74, 6) is 0.451. The lowest BCUT2D eigenvalue weighted by atomic mass is 10.0. The fourth-order valence-electron chi connectivity index (χ4n) is 2.70. The van der Waals surface area contributed by atoms with Crippen molar-refractivity contribution in [2.24, 2.45) is 5.92 Å². The largest absolute Gasteiger partial charge is 0.383 e. The van der Waals surface area contributed by atoms with Crippen LogP contribution in [0.5, 0.6) is 0 Å². The van der Waals surface area contributed by atoms with Crippen molar-refractivity contribution < 1.29 is 9.53 Å². The van der Waals surface area contributed by atoms with Gasteiger partial charge in [0.05, 0.1) is 12.6 Å². The molecule has 1 aliphatic rings. The molecule has 20 heavy (non-hydrogen) atoms. The molecule has 4 nitrogen and oxygen atoms in total. The first kappa shape index (κ1) is 15.0. The van der Waals surface area contributed by atoms with Crippen LogP contribution in [0.3, 0.4) is 0 Å². The van der Waals surface area contributed by atoms with Crippen LogP contribution in [0, 0.1) is 12.8 Å². The zero-order chi connectivity index (χ0) is 14.7. The number of ether oxygens (including phenoxy) is 1. The van der Waals surface area contributed by atoms with E-state index in [0.717, 1.165) is 0 Å². The molecule has 0 spiro atoms. The minimum Gasteiger partial charge on any atom is -0.383 e. The van der Waals surface area contributed by atoms with Crippen LogP contribution in [0.15, 0.2) is 24.3 Å². The van der Waals surface area contributed by atoms with Gasteiger partial charge in [-0.3, -0.25) is 10.1 Å². The Hall–Kier alpha value is -1.39. The predicted octanol–water partition coefficient (Wildman–Crippen LogP) is 2.10. The lowest BCUT2D eigenvalue weighted by Gasteiger charge is -2.25. The smallest absolute Gasteiger partial charge is 0.241 e. The SMILES string of the molecule is COCCN1C(=O)C(C(C)C)NC1c1ccccc1C. The molecule has 0 radical (unpaired) electrons. The number of methoxy groups -OCH3 is 1. The van der Waals surface area contributed by atoms with Crippen molar-refractivity contribution in [2.45, 2.75) is 33.0 Å². The standard InChI is InChI=1S/C16H24N2O2/c1-11(2)14-16(19)18(9-10-20-4)15(17-14)13-8-6-5-7-12(13)3/h5-8,11,14-15,17H,9-10H2,1-4H3. The zero-order valence-electron chi connectivity index (χ0n) is 12.7. The predicted molar refractivity (Wildman–Crippen MR) is 79.3 cm³/mol. The summed E-state index contributed by atoms with van der Waals surface area (Å²) >= 11 is 0. The molecule has 1 aromatic rings. The summed E-state index contributed by atoms with van der Waals surface area (Å²) in [4.78, 5) is 14.5. The van der Waals surface area contributed by atoms with Crippen molar-refractivity contribution in [3.63, 3.8) is 0 Å². The summed E-state index contributed by atoms with van der Waals surface area (Å²) in [6.07, 6.45) is -0.0498. The number of carbonyl (C=O) groups excluding carboxylic acids is 1. The van der Waals surface area contributed by atoms with Crippen molar-refractivity contribution >= 4 is 5.91 Å². The molecule has 2 rings (SSSR count). The van der Waals surface area contributed by atoms with E-state index in [1.165, 1.54) is 11.1 Å². The molecular weight excluding hydrogens is 252 g/mol. The molecule has 0 saturated carbocycles. The number of nitrogens with one attached hydrogen (secondary N) is 1. The van der Waals surface area contributed by atoms with Crippen LogP contribution in [0.1, 0.15) is 31.1 Å². The van der Waals surface area contributed by atoms with E-state index in [1.54, 1.807) is 7.11 Å². The molecule has 0 aliphatic carbocycles. The van der Waals surface area contributed by atoms with E-state index < -0.39 is 0 Å². The van der Waals surface area contributed by atoms with E-state index in [1.807, 2.05) is 17.0 Å². The lowest BCUT2D eigenvalue weighted by Crippen LogP contribution is -2.35. The number of aryl methyl sites for hydroxylation is 1. The van der Waals surface area contributed by atoms with Gasteiger partial charge in [-0.05, 0) is 24.0 Å². The van der Waals surface area contributed by atoms with E-state index in [9.17, 15) is 4.79 Å². The first-order chi connectivity index (χ1) is 9.56. The highest BCUT2D eigenvalue weighted by molar-refractivity contribution is 5.85. The van der Waals surface area contributed by atoms with Crippen LogP contribution in [-0.2, 0) is 9.53 Å². The quantitative estimate of drug-likeness (QED) is 0.895. The maximum Gasteiger partial charge on any atom is 0.241 e. The molecule has 1 amide bonds. The van der Waals surface area contributed by atoms with E-state index in [2.05, 4.69) is 38.2 Å². The molecule has 4 heteroatoms. The second-order valence-electron chi connectivity index (χ2n) is 5.67. The molecule has 1 heterocycles. The maximum absolute atomic E-state index is 12.6. The summed E-state index contributed by atoms with van der Waals surface area (Å²) < 4.78 is 5.14. The van der Waals surface area contributed by atoms with Gasteiger partial charge >= 0.3 is 0 Å². The van der Waals surface area contributed by atoms with E-state index >= 15 is 0 Å². The van der Waals surface area contributed by atoms with Gasteiger partial charge in [0.2, 0.25) is 5.91 Å². The van der Waals surface area contributed by atoms with Gasteiger partial charge in [0.25, 0.3) is 0 Å². The Morgan fingerprint density at radius 1 is 1.35 bits per heavy atom. The number of benzene rings is 1. The van der Waals surface area contributed by atoms with Crippen molar-refractivity contribution in [3.05, 3.63) is 35.4 Å². The lowest BCUT2D eigenvalue weighted by molar-refractivity contribution is -0.131. The van der Waals surface area contributed by atoms with Crippen LogP contribution in [-0.4, -0.2) is 37.1 Å². The van der Waals surface area contributed by atoms with E-state index in [-0.39, 0.29) is 24.0 Å². The summed E-state index contributed by atoms with van der Waals surface area (Å²) in [5.41, 5.74) is 2.37. The van der Waals surface area contributed by atoms with Crippen LogP contribution in [0.25, 0.3) is 0 Å². The fourth-order valence-corrected chi connectivity index (χ4v) is 2.70. The van der Waals surface area contributed by atoms with Gasteiger partial charge in [0.15, 0.2) is 0 Å². The topological polar surface area (TPSA) is 41.6 Å². The molecule has 1 saturated heterocycles. The number of hydrogen-bond acceptors (Lipinski definition) is 3. The number of rotatable bonds is 5. The van der Waals surface area contributed by atoms with Crippen LogP contribution in [0.4, 0.5) is 0 Å². The summed E-state index contributed by atoms with van der Waals surface area (Å²) in [6.45, 7) is 7.40. The normalized spacial score (nSPS) is 22.9. The fraction of sp³-hybridized carbons (Fsp3) is 0.562. The number of amides is 1. The average molecular weight is 276 g/mol. The van der Waals surface area contributed by atoms with E-state index in [4.69, 9.17) is 4.74 Å². The Balaban J connectivity index is 2.29. The molecule has 0 bridgehead atoms. The number of nitrogens with zero attached hydrogens (tertiary/aromatic N) is 1. The number of carbonyl (C=O) groups is 1. The van der Waals surface area contributed by atoms with Crippen LogP contribution in [0.2, 0.25) is 0 Å². The molecule has 2 atom stereocenters. The Morgan fingerprint density at radius 3 is 2.65 bits per heavy atom. The van der Waals surface area contributed by atoms with Gasteiger partial charge in [-0.1, -0.05) is 38.1 Å². The zero-order valence-corrected chi connectivity index (χ0v) is 12.7. The average Bonchev–Trinajstić information content (AvgIpc) is 2.74. The molecular formula is C16H24N2O2. The Labute approximate surface area is 121 Å². The summed E-state index contributed by atoms with van der Waals surface area (Å²) in [6, 6.07) is 8.10. The Morgan fingerprint density at radius 2 is 2.05 bits per heavy atom. The maximum atomic E-state index is 12.6. The first-order valence-electron chi connectivity index (χ1n) is 7.17. The van der Waals surface area contributed by atoms with Crippen molar-refractivity contribution in [3.8, 4) is 0 Å². The molecule has 1 N–H and O–H groups in total. The molecule has 1 aliphatic heterocycles. The monoisotopic (exact) mass is 276 g/mol. The van der Waals surface area contributed by atoms with Gasteiger partial charge in [-0.25, -0.2) is 0 Å². The van der Waals surface area contributed by atoms with Crippen LogP contribution >= 0.6 is 0 Å². The summed E-state index contributed by atoms with van der Waals surface area (Å²) in [5, 5.41) is 3.48. The van der Waals surface area contributed by atoms with Crippen molar-refractivity contribution in [2.75, 3.05) is 20.3 Å². The molecule has 1 aromatic carbocycles. The summed E-state index contributed by atoms with van der Waals surface area (Å²) in [7, 11) is 1.66. The van der Waals surface area contributed by atoms with Crippen LogP contribution < -0.4 is 5.32 Å². The van der Waals surface area contributed by atoms with Crippen molar-refractivity contribution in [1.29, 1.82) is 0 Å². The molecule has 2 unspecified atom stereocenters. The van der Waals surface area contributed by atoms with E-state index in [0.29, 0.717) is 13.2 Å². The third-order valence-electron chi connectivity index (χ3n) is 3.88. The molecule has 1 fully saturated rings. The van der Waals surface area contributed by atoms with Gasteiger partial charge in [0, 0.05) is 13.7 Å². The highest BCUT2D eigenvalue weighted by Crippen LogP contribution is 2.29. The minimum atomic E-state index is -0.114. The second kappa shape index (κ2) is 6.37. The van der Waals surface area contributed by atoms with Gasteiger partial charge < -0.3 is 9.64 Å². The molecule has 0 aromatic heterocycles. The first-order valence-corrected chi connectivity index (χ1v) is 7.17. The highest BCUT2D eigenvalue weighted by atomic mass is 16.5. The minimum absolute atomic E-state index is 0.0498.